The van der Waals surface area contributed by atoms with E-state index in [1.807, 2.05) is 36.4 Å². The zero-order chi connectivity index (χ0) is 14.9. The van der Waals surface area contributed by atoms with Crippen LogP contribution in [0, 0.1) is 0 Å². The van der Waals surface area contributed by atoms with Crippen molar-refractivity contribution >= 4 is 22.7 Å². The second kappa shape index (κ2) is 5.04. The summed E-state index contributed by atoms with van der Waals surface area (Å²) in [5.41, 5.74) is 6.51. The van der Waals surface area contributed by atoms with Crippen LogP contribution in [-0.2, 0) is 9.53 Å². The molecule has 2 N–H and O–H groups in total. The van der Waals surface area contributed by atoms with E-state index >= 15 is 0 Å². The number of aromatic nitrogens is 1. The second-order valence-electron chi connectivity index (χ2n) is 5.09. The molecule has 4 rings (SSSR count). The van der Waals surface area contributed by atoms with Gasteiger partial charge in [0.15, 0.2) is 6.61 Å². The van der Waals surface area contributed by atoms with Gasteiger partial charge in [-0.3, -0.25) is 4.79 Å². The Kier molecular flexibility index (Phi) is 2.89. The van der Waals surface area contributed by atoms with Crippen molar-refractivity contribution in [2.75, 3.05) is 6.61 Å². The summed E-state index contributed by atoms with van der Waals surface area (Å²) in [5, 5.41) is 5.01. The summed E-state index contributed by atoms with van der Waals surface area (Å²) in [6.45, 7) is -0.000721. The number of benzene rings is 2. The van der Waals surface area contributed by atoms with E-state index in [1.165, 1.54) is 0 Å². The maximum absolute atomic E-state index is 11.1. The summed E-state index contributed by atoms with van der Waals surface area (Å²) in [7, 11) is 0. The molecule has 108 valence electrons. The number of hydrazone groups is 1. The molecular formula is C17H13N3O2. The lowest BCUT2D eigenvalue weighted by Gasteiger charge is -2.13. The van der Waals surface area contributed by atoms with Crippen molar-refractivity contribution in [1.82, 2.24) is 10.4 Å². The summed E-state index contributed by atoms with van der Waals surface area (Å²) in [6.07, 6.45) is 0. The summed E-state index contributed by atoms with van der Waals surface area (Å²) in [6, 6.07) is 18.1. The van der Waals surface area contributed by atoms with Crippen LogP contribution in [-0.4, -0.2) is 23.4 Å². The van der Waals surface area contributed by atoms with Crippen molar-refractivity contribution in [1.29, 1.82) is 0 Å². The van der Waals surface area contributed by atoms with Crippen molar-refractivity contribution in [3.05, 3.63) is 60.2 Å². The van der Waals surface area contributed by atoms with E-state index in [2.05, 4.69) is 33.7 Å². The van der Waals surface area contributed by atoms with Gasteiger partial charge in [-0.05, 0) is 29.8 Å². The Morgan fingerprint density at radius 1 is 1.00 bits per heavy atom. The molecule has 0 unspecified atom stereocenters. The highest BCUT2D eigenvalue weighted by Gasteiger charge is 2.15. The molecule has 22 heavy (non-hydrogen) atoms. The molecule has 5 heteroatoms. The van der Waals surface area contributed by atoms with Crippen LogP contribution in [0.15, 0.2) is 59.7 Å². The van der Waals surface area contributed by atoms with Crippen LogP contribution in [0.1, 0.15) is 5.56 Å². The largest absolute Gasteiger partial charge is 0.466 e. The van der Waals surface area contributed by atoms with Crippen LogP contribution < -0.4 is 5.43 Å². The molecule has 1 aliphatic rings. The minimum absolute atomic E-state index is 0.000721. The van der Waals surface area contributed by atoms with E-state index in [9.17, 15) is 4.79 Å². The number of carbonyl (C=O) groups is 1. The fraction of sp³-hybridized carbons (Fsp3) is 0.0588. The van der Waals surface area contributed by atoms with E-state index in [-0.39, 0.29) is 12.5 Å². The van der Waals surface area contributed by atoms with Gasteiger partial charge in [-0.25, -0.2) is 5.43 Å². The molecule has 1 amide bonds. The molecule has 0 saturated heterocycles. The number of H-pyrrole nitrogens is 1. The smallest absolute Gasteiger partial charge is 0.278 e. The predicted octanol–water partition coefficient (Wildman–Crippen LogP) is 2.64. The summed E-state index contributed by atoms with van der Waals surface area (Å²) >= 11 is 0. The first-order valence-electron chi connectivity index (χ1n) is 6.97. The van der Waals surface area contributed by atoms with Crippen molar-refractivity contribution in [2.24, 2.45) is 5.10 Å². The molecule has 3 aromatic rings. The molecule has 0 bridgehead atoms. The summed E-state index contributed by atoms with van der Waals surface area (Å²) < 4.78 is 5.34. The second-order valence-corrected chi connectivity index (χ2v) is 5.09. The average molecular weight is 291 g/mol. The first kappa shape index (κ1) is 12.6. The van der Waals surface area contributed by atoms with Crippen molar-refractivity contribution in [3.8, 4) is 11.3 Å². The van der Waals surface area contributed by atoms with Crippen LogP contribution in [0.2, 0.25) is 0 Å². The van der Waals surface area contributed by atoms with Gasteiger partial charge in [-0.15, -0.1) is 5.10 Å². The first-order valence-corrected chi connectivity index (χ1v) is 6.97. The lowest BCUT2D eigenvalue weighted by atomic mass is 10.1. The molecule has 2 aromatic carbocycles. The van der Waals surface area contributed by atoms with E-state index in [0.717, 1.165) is 27.7 Å². The molecule has 1 aromatic heterocycles. The van der Waals surface area contributed by atoms with Gasteiger partial charge in [0, 0.05) is 22.2 Å². The molecule has 0 fully saturated rings. The number of hydrogen-bond acceptors (Lipinski definition) is 3. The highest BCUT2D eigenvalue weighted by molar-refractivity contribution is 6.01. The van der Waals surface area contributed by atoms with Crippen molar-refractivity contribution in [3.63, 3.8) is 0 Å². The number of amides is 1. The Bertz CT molecular complexity index is 881. The van der Waals surface area contributed by atoms with Gasteiger partial charge in [0.25, 0.3) is 5.91 Å². The zero-order valence-corrected chi connectivity index (χ0v) is 11.7. The van der Waals surface area contributed by atoms with Gasteiger partial charge >= 0.3 is 0 Å². The number of rotatable bonds is 2. The number of nitrogens with zero attached hydrogens (tertiary/aromatic N) is 1. The molecule has 5 nitrogen and oxygen atoms in total. The van der Waals surface area contributed by atoms with Crippen LogP contribution >= 0.6 is 0 Å². The standard InChI is InChI=1S/C17H13N3O2/c21-16-10-22-17(20-19-16)12-6-7-14-13(8-12)9-15(18-14)11-4-2-1-3-5-11/h1-9,18H,10H2,(H,19,21). The molecule has 0 radical (unpaired) electrons. The lowest BCUT2D eigenvalue weighted by molar-refractivity contribution is -0.124. The number of fused-ring (bicyclic) bond motifs is 1. The normalized spacial score (nSPS) is 14.4. The maximum Gasteiger partial charge on any atom is 0.278 e. The van der Waals surface area contributed by atoms with E-state index in [1.54, 1.807) is 0 Å². The molecule has 0 aliphatic carbocycles. The van der Waals surface area contributed by atoms with Gasteiger partial charge in [-0.1, -0.05) is 30.3 Å². The number of nitrogens with one attached hydrogen (secondary N) is 2. The zero-order valence-electron chi connectivity index (χ0n) is 11.7. The Labute approximate surface area is 126 Å². The van der Waals surface area contributed by atoms with E-state index in [4.69, 9.17) is 4.74 Å². The van der Waals surface area contributed by atoms with E-state index < -0.39 is 0 Å². The fourth-order valence-corrected chi connectivity index (χ4v) is 2.50. The number of carbonyl (C=O) groups excluding carboxylic acids is 1. The highest BCUT2D eigenvalue weighted by atomic mass is 16.5. The van der Waals surface area contributed by atoms with Crippen LogP contribution in [0.5, 0.6) is 0 Å². The summed E-state index contributed by atoms with van der Waals surface area (Å²) in [5.74, 6) is 0.196. The van der Waals surface area contributed by atoms with Gasteiger partial charge < -0.3 is 9.72 Å². The third-order valence-electron chi connectivity index (χ3n) is 3.57. The Morgan fingerprint density at radius 2 is 1.86 bits per heavy atom. The van der Waals surface area contributed by atoms with Gasteiger partial charge in [0.2, 0.25) is 5.90 Å². The topological polar surface area (TPSA) is 66.5 Å². The number of ether oxygens (including phenoxy) is 1. The minimum atomic E-state index is -0.238. The maximum atomic E-state index is 11.1. The number of aromatic amines is 1. The van der Waals surface area contributed by atoms with Crippen LogP contribution in [0.4, 0.5) is 0 Å². The molecule has 0 atom stereocenters. The van der Waals surface area contributed by atoms with Crippen LogP contribution in [0.25, 0.3) is 22.2 Å². The van der Waals surface area contributed by atoms with Gasteiger partial charge in [0.05, 0.1) is 0 Å². The molecule has 1 aliphatic heterocycles. The lowest BCUT2D eigenvalue weighted by Crippen LogP contribution is -2.32. The monoisotopic (exact) mass is 291 g/mol. The Balaban J connectivity index is 1.74. The van der Waals surface area contributed by atoms with Crippen molar-refractivity contribution < 1.29 is 9.53 Å². The Morgan fingerprint density at radius 3 is 2.64 bits per heavy atom. The predicted molar refractivity (Wildman–Crippen MR) is 84.4 cm³/mol. The van der Waals surface area contributed by atoms with E-state index in [0.29, 0.717) is 5.90 Å². The van der Waals surface area contributed by atoms with Crippen molar-refractivity contribution in [2.45, 2.75) is 0 Å². The highest BCUT2D eigenvalue weighted by Crippen LogP contribution is 2.25. The van der Waals surface area contributed by atoms with Crippen LogP contribution in [0.3, 0.4) is 0 Å². The quantitative estimate of drug-likeness (QED) is 0.762. The molecular weight excluding hydrogens is 278 g/mol. The average Bonchev–Trinajstić information content (AvgIpc) is 2.99. The summed E-state index contributed by atoms with van der Waals surface area (Å²) in [4.78, 5) is 14.5. The third-order valence-corrected chi connectivity index (χ3v) is 3.57. The first-order chi connectivity index (χ1) is 10.8. The molecule has 0 saturated carbocycles. The molecule has 0 spiro atoms. The molecule has 2 heterocycles. The van der Waals surface area contributed by atoms with Gasteiger partial charge in [-0.2, -0.15) is 0 Å². The minimum Gasteiger partial charge on any atom is -0.466 e. The van der Waals surface area contributed by atoms with Gasteiger partial charge in [0.1, 0.15) is 0 Å². The third kappa shape index (κ3) is 2.22. The Hall–Kier alpha value is -3.08. The SMILES string of the molecule is O=C1COC(c2ccc3[nH]c(-c4ccccc4)cc3c2)=NN1. The fourth-order valence-electron chi connectivity index (χ4n) is 2.50. The number of hydrogen-bond donors (Lipinski definition) is 2.